The van der Waals surface area contributed by atoms with Crippen molar-refractivity contribution >= 4 is 17.2 Å². The molecule has 21 heavy (non-hydrogen) atoms. The van der Waals surface area contributed by atoms with Crippen LogP contribution >= 0.6 is 12.2 Å². The molecule has 0 aromatic heterocycles. The smallest absolute Gasteiger partial charge is 0.381 e. The maximum atomic E-state index is 14.0. The van der Waals surface area contributed by atoms with Gasteiger partial charge in [0.2, 0.25) is 0 Å². The van der Waals surface area contributed by atoms with Crippen LogP contribution in [0.2, 0.25) is 0 Å². The number of hydrogen-bond acceptors (Lipinski definition) is 2. The highest BCUT2D eigenvalue weighted by Crippen LogP contribution is 2.40. The molecule has 118 valence electrons. The highest BCUT2D eigenvalue weighted by atomic mass is 32.1. The number of hydrogen-bond donors (Lipinski definition) is 2. The number of alkyl halides is 3. The molecular formula is C14H17F4NOS. The van der Waals surface area contributed by atoms with Crippen molar-refractivity contribution in [3.63, 3.8) is 0 Å². The third kappa shape index (κ3) is 4.14. The molecule has 0 saturated heterocycles. The average molecular weight is 323 g/mol. The van der Waals surface area contributed by atoms with E-state index in [4.69, 9.17) is 12.2 Å². The lowest BCUT2D eigenvalue weighted by Crippen LogP contribution is -2.53. The lowest BCUT2D eigenvalue weighted by atomic mass is 9.80. The zero-order valence-electron chi connectivity index (χ0n) is 11.9. The quantitative estimate of drug-likeness (QED) is 0.655. The molecule has 0 aliphatic carbocycles. The third-order valence-electron chi connectivity index (χ3n) is 3.23. The molecule has 2 N–H and O–H groups in total. The van der Waals surface area contributed by atoms with Crippen molar-refractivity contribution in [2.24, 2.45) is 0 Å². The predicted octanol–water partition coefficient (Wildman–Crippen LogP) is 3.68. The highest BCUT2D eigenvalue weighted by molar-refractivity contribution is 7.80. The largest absolute Gasteiger partial charge is 0.416 e. The second kappa shape index (κ2) is 5.88. The van der Waals surface area contributed by atoms with Crippen LogP contribution in [0.1, 0.15) is 32.8 Å². The van der Waals surface area contributed by atoms with Gasteiger partial charge in [-0.2, -0.15) is 13.2 Å². The van der Waals surface area contributed by atoms with Crippen molar-refractivity contribution in [3.05, 3.63) is 35.6 Å². The molecule has 0 spiro atoms. The van der Waals surface area contributed by atoms with Crippen molar-refractivity contribution in [2.45, 2.75) is 44.5 Å². The molecule has 0 saturated carbocycles. The van der Waals surface area contributed by atoms with Crippen molar-refractivity contribution < 1.29 is 22.7 Å². The van der Waals surface area contributed by atoms with Crippen LogP contribution in [-0.4, -0.2) is 21.9 Å². The summed E-state index contributed by atoms with van der Waals surface area (Å²) in [6.45, 7) is 3.52. The minimum atomic E-state index is -4.84. The van der Waals surface area contributed by atoms with Crippen molar-refractivity contribution in [1.29, 1.82) is 0 Å². The molecule has 0 heterocycles. The fraction of sp³-hybridized carbons (Fsp3) is 0.500. The Morgan fingerprint density at radius 1 is 1.24 bits per heavy atom. The number of benzene rings is 1. The summed E-state index contributed by atoms with van der Waals surface area (Å²) >= 11 is 4.87. The molecular weight excluding hydrogens is 306 g/mol. The van der Waals surface area contributed by atoms with E-state index in [9.17, 15) is 22.7 Å². The van der Waals surface area contributed by atoms with Gasteiger partial charge >= 0.3 is 6.18 Å². The summed E-state index contributed by atoms with van der Waals surface area (Å²) in [6.07, 6.45) is -5.62. The molecule has 0 unspecified atom stereocenters. The average Bonchev–Trinajstić information content (AvgIpc) is 2.25. The van der Waals surface area contributed by atoms with Crippen LogP contribution < -0.4 is 5.32 Å². The number of thiocarbonyl (C=S) groups is 1. The number of aliphatic hydroxyl groups is 1. The summed E-state index contributed by atoms with van der Waals surface area (Å²) in [5.74, 6) is -0.665. The van der Waals surface area contributed by atoms with Gasteiger partial charge in [0.05, 0.1) is 10.5 Å². The monoisotopic (exact) mass is 323 g/mol. The first-order valence-electron chi connectivity index (χ1n) is 6.22. The van der Waals surface area contributed by atoms with E-state index >= 15 is 0 Å². The highest BCUT2D eigenvalue weighted by Gasteiger charge is 2.53. The third-order valence-corrected chi connectivity index (χ3v) is 3.33. The Labute approximate surface area is 126 Å². The van der Waals surface area contributed by atoms with E-state index in [-0.39, 0.29) is 10.6 Å². The van der Waals surface area contributed by atoms with Crippen LogP contribution in [0.3, 0.4) is 0 Å². The van der Waals surface area contributed by atoms with Crippen LogP contribution in [0.15, 0.2) is 24.3 Å². The number of rotatable bonds is 4. The van der Waals surface area contributed by atoms with Crippen molar-refractivity contribution in [1.82, 2.24) is 5.32 Å². The van der Waals surface area contributed by atoms with Gasteiger partial charge in [-0.1, -0.05) is 30.4 Å². The lowest BCUT2D eigenvalue weighted by molar-refractivity contribution is -0.260. The molecule has 2 nitrogen and oxygen atoms in total. The zero-order valence-corrected chi connectivity index (χ0v) is 12.7. The van der Waals surface area contributed by atoms with Crippen LogP contribution in [0.5, 0.6) is 0 Å². The van der Waals surface area contributed by atoms with Crippen LogP contribution in [0.4, 0.5) is 17.6 Å². The summed E-state index contributed by atoms with van der Waals surface area (Å²) < 4.78 is 52.7. The normalized spacial score (nSPS) is 17.7. The maximum Gasteiger partial charge on any atom is 0.416 e. The molecule has 1 aromatic carbocycles. The molecule has 0 fully saturated rings. The first kappa shape index (κ1) is 17.8. The first-order chi connectivity index (χ1) is 9.39. The summed E-state index contributed by atoms with van der Waals surface area (Å²) in [7, 11) is 0. The molecule has 2 atom stereocenters. The van der Waals surface area contributed by atoms with Crippen molar-refractivity contribution in [2.75, 3.05) is 0 Å². The second-order valence-electron chi connectivity index (χ2n) is 5.44. The second-order valence-corrected chi connectivity index (χ2v) is 6.05. The van der Waals surface area contributed by atoms with Gasteiger partial charge in [0.1, 0.15) is 5.82 Å². The molecule has 7 heteroatoms. The predicted molar refractivity (Wildman–Crippen MR) is 76.5 cm³/mol. The Morgan fingerprint density at radius 2 is 1.76 bits per heavy atom. The SMILES string of the molecule is CC(=S)N[C@@](C)(C[C@](C)(O)C(F)(F)F)c1ccccc1F. The molecule has 1 rings (SSSR count). The molecule has 0 amide bonds. The van der Waals surface area contributed by atoms with Gasteiger partial charge in [-0.05, 0) is 26.8 Å². The Balaban J connectivity index is 3.29. The molecule has 0 radical (unpaired) electrons. The molecule has 0 aliphatic heterocycles. The lowest BCUT2D eigenvalue weighted by Gasteiger charge is -2.39. The van der Waals surface area contributed by atoms with E-state index in [2.05, 4.69) is 5.32 Å². The number of nitrogens with one attached hydrogen (secondary N) is 1. The standard InChI is InChI=1S/C14H17F4NOS/c1-9(21)19-12(2,8-13(3,20)14(16,17)18)10-6-4-5-7-11(10)15/h4-7,20H,8H2,1-3H3,(H,19,21)/t12-,13-/m0/s1. The van der Waals surface area contributed by atoms with E-state index in [1.165, 1.54) is 32.0 Å². The topological polar surface area (TPSA) is 32.3 Å². The van der Waals surface area contributed by atoms with Gasteiger partial charge in [0.15, 0.2) is 5.60 Å². The molecule has 0 aliphatic rings. The Morgan fingerprint density at radius 3 is 2.19 bits per heavy atom. The first-order valence-corrected chi connectivity index (χ1v) is 6.63. The van der Waals surface area contributed by atoms with Gasteiger partial charge < -0.3 is 10.4 Å². The van der Waals surface area contributed by atoms with Crippen LogP contribution in [-0.2, 0) is 5.54 Å². The Hall–Kier alpha value is -1.21. The summed E-state index contributed by atoms with van der Waals surface area (Å²) in [4.78, 5) is 0.207. The van der Waals surface area contributed by atoms with Gasteiger partial charge in [-0.15, -0.1) is 0 Å². The van der Waals surface area contributed by atoms with E-state index in [0.717, 1.165) is 6.07 Å². The van der Waals surface area contributed by atoms with E-state index < -0.39 is 29.6 Å². The van der Waals surface area contributed by atoms with Crippen LogP contribution in [0.25, 0.3) is 0 Å². The van der Waals surface area contributed by atoms with E-state index in [1.807, 2.05) is 0 Å². The van der Waals surface area contributed by atoms with Crippen molar-refractivity contribution in [3.8, 4) is 0 Å². The van der Waals surface area contributed by atoms with Crippen LogP contribution in [0, 0.1) is 5.82 Å². The van der Waals surface area contributed by atoms with Gasteiger partial charge in [-0.3, -0.25) is 0 Å². The Bertz CT molecular complexity index is 530. The number of halogens is 4. The minimum absolute atomic E-state index is 0.0127. The summed E-state index contributed by atoms with van der Waals surface area (Å²) in [5, 5.41) is 12.4. The van der Waals surface area contributed by atoms with E-state index in [0.29, 0.717) is 6.92 Å². The molecule has 0 bridgehead atoms. The Kier molecular flexibility index (Phi) is 5.00. The fourth-order valence-corrected chi connectivity index (χ4v) is 2.52. The maximum absolute atomic E-state index is 14.0. The van der Waals surface area contributed by atoms with E-state index in [1.54, 1.807) is 0 Å². The van der Waals surface area contributed by atoms with Gasteiger partial charge in [0.25, 0.3) is 0 Å². The van der Waals surface area contributed by atoms with Gasteiger partial charge in [0, 0.05) is 12.0 Å². The summed E-state index contributed by atoms with van der Waals surface area (Å²) in [5.41, 5.74) is -4.46. The summed E-state index contributed by atoms with van der Waals surface area (Å²) in [6, 6.07) is 5.47. The minimum Gasteiger partial charge on any atom is -0.381 e. The fourth-order valence-electron chi connectivity index (χ4n) is 2.29. The molecule has 1 aromatic rings. The van der Waals surface area contributed by atoms with Gasteiger partial charge in [-0.25, -0.2) is 4.39 Å². The zero-order chi connectivity index (χ0) is 16.5.